The Kier molecular flexibility index (Phi) is 5.75. The van der Waals surface area contributed by atoms with E-state index in [1.54, 1.807) is 16.7 Å². The van der Waals surface area contributed by atoms with Crippen molar-refractivity contribution in [3.05, 3.63) is 59.8 Å². The van der Waals surface area contributed by atoms with Gasteiger partial charge in [-0.15, -0.1) is 0 Å². The molecular weight excluding hydrogens is 427 g/mol. The molecule has 0 aliphatic carbocycles. The lowest BCUT2D eigenvalue weighted by Gasteiger charge is -2.25. The van der Waals surface area contributed by atoms with Gasteiger partial charge < -0.3 is 9.30 Å². The number of carbonyl (C=O) groups is 1. The van der Waals surface area contributed by atoms with Gasteiger partial charge in [0.2, 0.25) is 10.0 Å². The number of fused-ring (bicyclic) bond motifs is 1. The number of hydroxylamine groups is 2. The van der Waals surface area contributed by atoms with E-state index in [9.17, 15) is 22.8 Å². The zero-order chi connectivity index (χ0) is 22.2. The molecule has 1 aliphatic heterocycles. The van der Waals surface area contributed by atoms with Gasteiger partial charge in [-0.3, -0.25) is 10.0 Å². The molecule has 11 heteroatoms. The zero-order valence-electron chi connectivity index (χ0n) is 16.7. The van der Waals surface area contributed by atoms with E-state index >= 15 is 0 Å². The number of hydrogen-bond donors (Lipinski definition) is 1. The highest BCUT2D eigenvalue weighted by Crippen LogP contribution is 2.29. The third-order valence-corrected chi connectivity index (χ3v) is 7.02. The molecule has 1 aliphatic rings. The Bertz CT molecular complexity index is 1220. The maximum atomic E-state index is 13.4. The summed E-state index contributed by atoms with van der Waals surface area (Å²) < 4.78 is 48.3. The molecule has 9 nitrogen and oxygen atoms in total. The van der Waals surface area contributed by atoms with Crippen molar-refractivity contribution in [3.63, 3.8) is 0 Å². The molecule has 1 fully saturated rings. The van der Waals surface area contributed by atoms with Crippen molar-refractivity contribution < 1.29 is 27.5 Å². The van der Waals surface area contributed by atoms with Gasteiger partial charge in [-0.25, -0.2) is 22.9 Å². The molecule has 0 bridgehead atoms. The number of sulfonamides is 1. The molecule has 0 saturated carbocycles. The van der Waals surface area contributed by atoms with Crippen LogP contribution in [-0.2, 0) is 21.3 Å². The smallest absolute Gasteiger partial charge is 0.295 e. The average Bonchev–Trinajstić information content (AvgIpc) is 3.13. The maximum absolute atomic E-state index is 13.4. The van der Waals surface area contributed by atoms with Gasteiger partial charge in [0.05, 0.1) is 24.9 Å². The van der Waals surface area contributed by atoms with Crippen molar-refractivity contribution in [1.82, 2.24) is 18.9 Å². The Balaban J connectivity index is 1.85. The van der Waals surface area contributed by atoms with Gasteiger partial charge in [0.1, 0.15) is 16.4 Å². The Labute approximate surface area is 178 Å². The van der Waals surface area contributed by atoms with Crippen LogP contribution < -0.4 is 0 Å². The third-order valence-electron chi connectivity index (χ3n) is 5.10. The number of morpholine rings is 1. The monoisotopic (exact) mass is 448 g/mol. The summed E-state index contributed by atoms with van der Waals surface area (Å²) in [7, 11) is -2.71. The van der Waals surface area contributed by atoms with Crippen LogP contribution in [0.1, 0.15) is 16.1 Å². The molecule has 2 aromatic heterocycles. The van der Waals surface area contributed by atoms with Gasteiger partial charge in [0, 0.05) is 38.3 Å². The molecule has 3 aromatic rings. The van der Waals surface area contributed by atoms with Gasteiger partial charge in [-0.1, -0.05) is 12.1 Å². The molecule has 0 atom stereocenters. The minimum absolute atomic E-state index is 0.0311. The van der Waals surface area contributed by atoms with E-state index < -0.39 is 15.9 Å². The van der Waals surface area contributed by atoms with Crippen LogP contribution >= 0.6 is 0 Å². The molecular formula is C20H21FN4O5S. The standard InChI is InChI=1S/C20H21FN4O5S/c1-23(27)20(26)17-10-16-18(11-22-17)24(12-14-2-4-15(21)5-3-14)13-19(16)31(28,29)25-6-8-30-9-7-25/h2-5,10-11,13,27H,6-9,12H2,1H3. The topological polar surface area (TPSA) is 105 Å². The van der Waals surface area contributed by atoms with Crippen LogP contribution in [0.3, 0.4) is 0 Å². The first-order chi connectivity index (χ1) is 14.8. The molecule has 164 valence electrons. The summed E-state index contributed by atoms with van der Waals surface area (Å²) in [5, 5.41) is 10.2. The summed E-state index contributed by atoms with van der Waals surface area (Å²) in [6.07, 6.45) is 2.89. The SMILES string of the molecule is CN(O)C(=O)c1cc2c(S(=O)(=O)N3CCOCC3)cn(Cc3ccc(F)cc3)c2cn1. The lowest BCUT2D eigenvalue weighted by molar-refractivity contribution is -0.0379. The molecule has 3 heterocycles. The number of aromatic nitrogens is 2. The van der Waals surface area contributed by atoms with Crippen molar-refractivity contribution in [1.29, 1.82) is 0 Å². The van der Waals surface area contributed by atoms with Crippen LogP contribution in [-0.4, -0.2) is 71.8 Å². The van der Waals surface area contributed by atoms with Crippen LogP contribution in [0.4, 0.5) is 4.39 Å². The highest BCUT2D eigenvalue weighted by Gasteiger charge is 2.30. The lowest BCUT2D eigenvalue weighted by atomic mass is 10.2. The van der Waals surface area contributed by atoms with E-state index in [0.29, 0.717) is 29.2 Å². The lowest BCUT2D eigenvalue weighted by Crippen LogP contribution is -2.40. The summed E-state index contributed by atoms with van der Waals surface area (Å²) in [6.45, 7) is 1.33. The fraction of sp³-hybridized carbons (Fsp3) is 0.300. The van der Waals surface area contributed by atoms with E-state index in [2.05, 4.69) is 4.98 Å². The summed E-state index contributed by atoms with van der Waals surface area (Å²) in [5.41, 5.74) is 1.17. The second-order valence-electron chi connectivity index (χ2n) is 7.18. The number of benzene rings is 1. The minimum Gasteiger partial charge on any atom is -0.379 e. The molecule has 31 heavy (non-hydrogen) atoms. The molecule has 0 radical (unpaired) electrons. The van der Waals surface area contributed by atoms with Gasteiger partial charge >= 0.3 is 0 Å². The Morgan fingerprint density at radius 1 is 1.26 bits per heavy atom. The highest BCUT2D eigenvalue weighted by atomic mass is 32.2. The largest absolute Gasteiger partial charge is 0.379 e. The number of hydrogen-bond acceptors (Lipinski definition) is 6. The number of pyridine rings is 1. The molecule has 4 rings (SSSR count). The zero-order valence-corrected chi connectivity index (χ0v) is 17.5. The number of ether oxygens (including phenoxy) is 1. The third kappa shape index (κ3) is 4.17. The van der Waals surface area contributed by atoms with Crippen molar-refractivity contribution in [2.24, 2.45) is 0 Å². The maximum Gasteiger partial charge on any atom is 0.295 e. The number of rotatable bonds is 5. The first-order valence-electron chi connectivity index (χ1n) is 9.55. The van der Waals surface area contributed by atoms with Crippen LogP contribution in [0.5, 0.6) is 0 Å². The van der Waals surface area contributed by atoms with Crippen LogP contribution in [0.15, 0.2) is 47.6 Å². The molecule has 1 saturated heterocycles. The molecule has 0 unspecified atom stereocenters. The normalized spacial score (nSPS) is 15.3. The summed E-state index contributed by atoms with van der Waals surface area (Å²) in [4.78, 5) is 16.3. The molecule has 1 N–H and O–H groups in total. The van der Waals surface area contributed by atoms with E-state index in [0.717, 1.165) is 5.56 Å². The highest BCUT2D eigenvalue weighted by molar-refractivity contribution is 7.89. The van der Waals surface area contributed by atoms with Gasteiger partial charge in [-0.2, -0.15) is 4.31 Å². The quantitative estimate of drug-likeness (QED) is 0.471. The van der Waals surface area contributed by atoms with Crippen LogP contribution in [0.2, 0.25) is 0 Å². The van der Waals surface area contributed by atoms with E-state index in [4.69, 9.17) is 4.74 Å². The first kappa shape index (κ1) is 21.4. The van der Waals surface area contributed by atoms with Crippen LogP contribution in [0, 0.1) is 5.82 Å². The fourth-order valence-electron chi connectivity index (χ4n) is 3.49. The molecule has 1 aromatic carbocycles. The first-order valence-corrected chi connectivity index (χ1v) is 11.0. The predicted octanol–water partition coefficient (Wildman–Crippen LogP) is 1.71. The van der Waals surface area contributed by atoms with E-state index in [-0.39, 0.29) is 36.0 Å². The summed E-state index contributed by atoms with van der Waals surface area (Å²) in [5.74, 6) is -1.13. The van der Waals surface area contributed by atoms with E-state index in [1.165, 1.54) is 41.9 Å². The summed E-state index contributed by atoms with van der Waals surface area (Å²) >= 11 is 0. The Morgan fingerprint density at radius 3 is 2.58 bits per heavy atom. The molecule has 0 spiro atoms. The second kappa shape index (κ2) is 8.35. The summed E-state index contributed by atoms with van der Waals surface area (Å²) in [6, 6.07) is 7.25. The van der Waals surface area contributed by atoms with Crippen molar-refractivity contribution >= 4 is 26.8 Å². The average molecular weight is 448 g/mol. The van der Waals surface area contributed by atoms with Crippen molar-refractivity contribution in [3.8, 4) is 0 Å². The fourth-order valence-corrected chi connectivity index (χ4v) is 5.10. The second-order valence-corrected chi connectivity index (χ2v) is 9.09. The van der Waals surface area contributed by atoms with Gasteiger partial charge in [0.25, 0.3) is 5.91 Å². The minimum atomic E-state index is -3.87. The molecule has 1 amide bonds. The van der Waals surface area contributed by atoms with Crippen molar-refractivity contribution in [2.45, 2.75) is 11.4 Å². The number of halogens is 1. The Hall–Kier alpha value is -2.86. The van der Waals surface area contributed by atoms with Crippen molar-refractivity contribution in [2.75, 3.05) is 33.4 Å². The number of amides is 1. The van der Waals surface area contributed by atoms with E-state index in [1.807, 2.05) is 0 Å². The Morgan fingerprint density at radius 2 is 1.94 bits per heavy atom. The van der Waals surface area contributed by atoms with Gasteiger partial charge in [0.15, 0.2) is 0 Å². The predicted molar refractivity (Wildman–Crippen MR) is 109 cm³/mol. The number of carbonyl (C=O) groups excluding carboxylic acids is 1. The number of nitrogens with zero attached hydrogens (tertiary/aromatic N) is 4. The van der Waals surface area contributed by atoms with Gasteiger partial charge in [-0.05, 0) is 23.8 Å². The van der Waals surface area contributed by atoms with Crippen LogP contribution in [0.25, 0.3) is 10.9 Å².